The molecule has 0 spiro atoms. The molecule has 5 rings (SSSR count). The molecule has 3 aromatic rings. The number of aromatic hydroxyl groups is 1. The van der Waals surface area contributed by atoms with E-state index in [9.17, 15) is 9.90 Å². The molecule has 2 heterocycles. The number of phenols is 1. The summed E-state index contributed by atoms with van der Waals surface area (Å²) in [4.78, 5) is 23.8. The van der Waals surface area contributed by atoms with Gasteiger partial charge in [-0.15, -0.1) is 0 Å². The number of ether oxygens (including phenoxy) is 1. The summed E-state index contributed by atoms with van der Waals surface area (Å²) in [7, 11) is 3.60. The molecule has 2 aliphatic rings. The largest absolute Gasteiger partial charge is 0.508 e. The molecular weight excluding hydrogens is 454 g/mol. The number of fused-ring (bicyclic) bond motifs is 1. The Hall–Kier alpha value is -3.36. The van der Waals surface area contributed by atoms with E-state index in [1.807, 2.05) is 61.3 Å². The van der Waals surface area contributed by atoms with Crippen molar-refractivity contribution in [2.45, 2.75) is 11.8 Å². The molecule has 0 bridgehead atoms. The van der Waals surface area contributed by atoms with Gasteiger partial charge in [-0.05, 0) is 72.8 Å². The Labute approximate surface area is 200 Å². The van der Waals surface area contributed by atoms with E-state index in [-0.39, 0.29) is 11.7 Å². The number of thioether (sulfide) groups is 2. The van der Waals surface area contributed by atoms with E-state index in [1.165, 1.54) is 11.8 Å². The highest BCUT2D eigenvalue weighted by Crippen LogP contribution is 2.51. The molecule has 8 heteroatoms. The number of benzene rings is 3. The maximum atomic E-state index is 13.7. The minimum atomic E-state index is -0.147. The average molecular weight is 476 g/mol. The van der Waals surface area contributed by atoms with Gasteiger partial charge in [-0.25, -0.2) is 4.99 Å². The fourth-order valence-electron chi connectivity index (χ4n) is 3.67. The third kappa shape index (κ3) is 3.96. The van der Waals surface area contributed by atoms with Gasteiger partial charge >= 0.3 is 0 Å². The van der Waals surface area contributed by atoms with Crippen LogP contribution >= 0.6 is 23.5 Å². The summed E-state index contributed by atoms with van der Waals surface area (Å²) >= 11 is 2.92. The van der Waals surface area contributed by atoms with Crippen molar-refractivity contribution >= 4 is 51.7 Å². The van der Waals surface area contributed by atoms with E-state index in [0.29, 0.717) is 15.8 Å². The Kier molecular flexibility index (Phi) is 5.55. The summed E-state index contributed by atoms with van der Waals surface area (Å²) in [5, 5.41) is 11.2. The lowest BCUT2D eigenvalue weighted by Gasteiger charge is -2.17. The van der Waals surface area contributed by atoms with Gasteiger partial charge < -0.3 is 14.7 Å². The molecule has 0 aromatic heterocycles. The van der Waals surface area contributed by atoms with Crippen LogP contribution in [0.2, 0.25) is 0 Å². The fourth-order valence-corrected chi connectivity index (χ4v) is 5.99. The van der Waals surface area contributed by atoms with Crippen molar-refractivity contribution in [1.29, 1.82) is 0 Å². The van der Waals surface area contributed by atoms with Crippen molar-refractivity contribution < 1.29 is 14.6 Å². The van der Waals surface area contributed by atoms with Crippen molar-refractivity contribution in [3.05, 3.63) is 82.2 Å². The molecule has 1 N–H and O–H groups in total. The zero-order valence-electron chi connectivity index (χ0n) is 18.3. The van der Waals surface area contributed by atoms with Crippen LogP contribution in [0.25, 0.3) is 0 Å². The summed E-state index contributed by atoms with van der Waals surface area (Å²) in [6.45, 7) is 2.01. The van der Waals surface area contributed by atoms with Gasteiger partial charge in [0.15, 0.2) is 5.17 Å². The zero-order valence-corrected chi connectivity index (χ0v) is 19.9. The molecule has 1 saturated heterocycles. The molecule has 0 atom stereocenters. The summed E-state index contributed by atoms with van der Waals surface area (Å²) in [5.41, 5.74) is 3.52. The quantitative estimate of drug-likeness (QED) is 0.477. The van der Waals surface area contributed by atoms with Gasteiger partial charge in [-0.3, -0.25) is 9.69 Å². The second kappa shape index (κ2) is 8.53. The van der Waals surface area contributed by atoms with Crippen LogP contribution in [0, 0.1) is 6.92 Å². The monoisotopic (exact) mass is 475 g/mol. The van der Waals surface area contributed by atoms with Crippen molar-refractivity contribution in [2.75, 3.05) is 24.0 Å². The number of rotatable bonds is 3. The number of carbonyl (C=O) groups excluding carboxylic acids is 1. The molecule has 0 aliphatic carbocycles. The third-order valence-electron chi connectivity index (χ3n) is 5.35. The lowest BCUT2D eigenvalue weighted by Crippen LogP contribution is -2.29. The van der Waals surface area contributed by atoms with E-state index < -0.39 is 0 Å². The lowest BCUT2D eigenvalue weighted by atomic mass is 10.2. The van der Waals surface area contributed by atoms with Crippen molar-refractivity contribution in [1.82, 2.24) is 0 Å². The van der Waals surface area contributed by atoms with Gasteiger partial charge in [-0.2, -0.15) is 0 Å². The second-order valence-electron chi connectivity index (χ2n) is 7.62. The van der Waals surface area contributed by atoms with Crippen LogP contribution in [0.15, 0.2) is 86.6 Å². The normalized spacial score (nSPS) is 18.9. The summed E-state index contributed by atoms with van der Waals surface area (Å²) in [6, 6.07) is 20.3. The van der Waals surface area contributed by atoms with Crippen LogP contribution < -0.4 is 14.5 Å². The van der Waals surface area contributed by atoms with Crippen molar-refractivity contribution in [3.8, 4) is 11.5 Å². The number of amidine groups is 1. The van der Waals surface area contributed by atoms with Crippen molar-refractivity contribution in [3.63, 3.8) is 0 Å². The van der Waals surface area contributed by atoms with Gasteiger partial charge in [0.05, 0.1) is 29.2 Å². The van der Waals surface area contributed by atoms with Crippen molar-refractivity contribution in [2.24, 2.45) is 4.99 Å². The number of carbonyl (C=O) groups is 1. The smallest absolute Gasteiger partial charge is 0.274 e. The molecule has 3 aromatic carbocycles. The van der Waals surface area contributed by atoms with Crippen LogP contribution in [0.1, 0.15) is 5.56 Å². The van der Waals surface area contributed by atoms with E-state index in [1.54, 1.807) is 48.0 Å². The molecule has 1 amide bonds. The number of amides is 1. The summed E-state index contributed by atoms with van der Waals surface area (Å²) < 4.78 is 5.38. The first kappa shape index (κ1) is 21.5. The minimum Gasteiger partial charge on any atom is -0.508 e. The molecule has 166 valence electrons. The standard InChI is InChI=1S/C25H21N3O3S2/c1-15-5-4-6-16(13-15)26-25-28(17-7-9-18(29)10-8-17)23(30)22(33-25)24-27(2)20-14-19(31-3)11-12-21(20)32-24/h4-14,29H,1-3H3/b24-22-,26-25?. The first-order chi connectivity index (χ1) is 15.9. The number of phenolic OH excluding ortho intramolecular Hbond substituents is 1. The number of aryl methyl sites for hydroxylation is 1. The molecule has 33 heavy (non-hydrogen) atoms. The Morgan fingerprint density at radius 2 is 1.79 bits per heavy atom. The molecule has 1 fully saturated rings. The SMILES string of the molecule is COc1ccc2c(c1)N(C)/C(=C1/SC(=Nc3cccc(C)c3)N(c3ccc(O)cc3)C1=O)S2. The number of nitrogens with zero attached hydrogens (tertiary/aromatic N) is 3. The highest BCUT2D eigenvalue weighted by atomic mass is 32.2. The molecule has 0 radical (unpaired) electrons. The van der Waals surface area contributed by atoms with Crippen LogP contribution in [0.5, 0.6) is 11.5 Å². The molecule has 0 saturated carbocycles. The highest BCUT2D eigenvalue weighted by Gasteiger charge is 2.40. The van der Waals surface area contributed by atoms with E-state index in [0.717, 1.165) is 32.6 Å². The van der Waals surface area contributed by atoms with E-state index >= 15 is 0 Å². The Morgan fingerprint density at radius 1 is 1.00 bits per heavy atom. The Balaban J connectivity index is 1.60. The maximum Gasteiger partial charge on any atom is 0.274 e. The fraction of sp³-hybridized carbons (Fsp3) is 0.120. The number of anilines is 2. The third-order valence-corrected chi connectivity index (χ3v) is 7.74. The molecule has 2 aliphatic heterocycles. The van der Waals surface area contributed by atoms with Gasteiger partial charge in [-0.1, -0.05) is 23.9 Å². The highest BCUT2D eigenvalue weighted by molar-refractivity contribution is 8.20. The van der Waals surface area contributed by atoms with Crippen LogP contribution in [-0.4, -0.2) is 30.3 Å². The topological polar surface area (TPSA) is 65.4 Å². The van der Waals surface area contributed by atoms with Gasteiger partial charge in [0.25, 0.3) is 5.91 Å². The average Bonchev–Trinajstić information content (AvgIpc) is 3.30. The summed E-state index contributed by atoms with van der Waals surface area (Å²) in [6.07, 6.45) is 0. The van der Waals surface area contributed by atoms with Gasteiger partial charge in [0.1, 0.15) is 16.4 Å². The van der Waals surface area contributed by atoms with Gasteiger partial charge in [0, 0.05) is 18.0 Å². The number of hydrogen-bond acceptors (Lipinski definition) is 7. The van der Waals surface area contributed by atoms with Gasteiger partial charge in [0.2, 0.25) is 0 Å². The number of hydrogen-bond donors (Lipinski definition) is 1. The first-order valence-electron chi connectivity index (χ1n) is 10.2. The molecular formula is C25H21N3O3S2. The van der Waals surface area contributed by atoms with Crippen LogP contribution in [0.3, 0.4) is 0 Å². The lowest BCUT2D eigenvalue weighted by molar-refractivity contribution is -0.113. The predicted molar refractivity (Wildman–Crippen MR) is 136 cm³/mol. The van der Waals surface area contributed by atoms with E-state index in [2.05, 4.69) is 0 Å². The molecule has 0 unspecified atom stereocenters. The number of methoxy groups -OCH3 is 1. The van der Waals surface area contributed by atoms with E-state index in [4.69, 9.17) is 9.73 Å². The number of aliphatic imine (C=N–C) groups is 1. The first-order valence-corrected chi connectivity index (χ1v) is 11.9. The van der Waals surface area contributed by atoms with Crippen LogP contribution in [-0.2, 0) is 4.79 Å². The predicted octanol–water partition coefficient (Wildman–Crippen LogP) is 5.89. The maximum absolute atomic E-state index is 13.7. The Bertz CT molecular complexity index is 1320. The Morgan fingerprint density at radius 3 is 2.52 bits per heavy atom. The second-order valence-corrected chi connectivity index (χ2v) is 9.63. The zero-order chi connectivity index (χ0) is 23.1. The summed E-state index contributed by atoms with van der Waals surface area (Å²) in [5.74, 6) is 0.765. The van der Waals surface area contributed by atoms with Crippen LogP contribution in [0.4, 0.5) is 17.1 Å². The molecule has 6 nitrogen and oxygen atoms in total. The minimum absolute atomic E-state index is 0.143.